The number of carboxylic acids is 1. The van der Waals surface area contributed by atoms with Gasteiger partial charge in [0.15, 0.2) is 5.75 Å². The fourth-order valence-electron chi connectivity index (χ4n) is 2.20. The third-order valence-electron chi connectivity index (χ3n) is 3.52. The topological polar surface area (TPSA) is 73.6 Å². The molecule has 2 fully saturated rings. The van der Waals surface area contributed by atoms with Crippen molar-refractivity contribution in [1.82, 2.24) is 9.78 Å². The van der Waals surface area contributed by atoms with Crippen LogP contribution in [0.25, 0.3) is 0 Å². The number of aromatic nitrogens is 2. The van der Waals surface area contributed by atoms with Crippen LogP contribution in [-0.2, 0) is 4.74 Å². The lowest BCUT2D eigenvalue weighted by Crippen LogP contribution is -2.19. The summed E-state index contributed by atoms with van der Waals surface area (Å²) in [4.78, 5) is 11.2. The van der Waals surface area contributed by atoms with E-state index in [4.69, 9.17) is 14.6 Å². The zero-order valence-electron chi connectivity index (χ0n) is 10.7. The van der Waals surface area contributed by atoms with Gasteiger partial charge in [0.2, 0.25) is 5.69 Å². The molecule has 0 aromatic carbocycles. The van der Waals surface area contributed by atoms with Crippen molar-refractivity contribution >= 4 is 5.97 Å². The highest BCUT2D eigenvalue weighted by molar-refractivity contribution is 5.88. The molecule has 1 aromatic heterocycles. The second-order valence-electron chi connectivity index (χ2n) is 5.20. The zero-order valence-corrected chi connectivity index (χ0v) is 10.7. The molecule has 1 aliphatic heterocycles. The predicted molar refractivity (Wildman–Crippen MR) is 66.2 cm³/mol. The van der Waals surface area contributed by atoms with E-state index in [-0.39, 0.29) is 11.9 Å². The number of ether oxygens (including phenoxy) is 2. The highest BCUT2D eigenvalue weighted by atomic mass is 16.5. The molecule has 0 spiro atoms. The van der Waals surface area contributed by atoms with Crippen molar-refractivity contribution in [3.63, 3.8) is 0 Å². The third kappa shape index (κ3) is 2.89. The Morgan fingerprint density at radius 3 is 2.95 bits per heavy atom. The highest BCUT2D eigenvalue weighted by Crippen LogP contribution is 2.31. The van der Waals surface area contributed by atoms with Gasteiger partial charge in [0.25, 0.3) is 0 Å². The average Bonchev–Trinajstić information content (AvgIpc) is 3.15. The van der Waals surface area contributed by atoms with Gasteiger partial charge in [-0.25, -0.2) is 9.48 Å². The van der Waals surface area contributed by atoms with Crippen LogP contribution in [0.5, 0.6) is 5.75 Å². The van der Waals surface area contributed by atoms with Crippen LogP contribution in [0.3, 0.4) is 0 Å². The van der Waals surface area contributed by atoms with Gasteiger partial charge in [0.05, 0.1) is 12.8 Å². The molecular weight excluding hydrogens is 248 g/mol. The van der Waals surface area contributed by atoms with E-state index in [1.807, 2.05) is 0 Å². The van der Waals surface area contributed by atoms with Gasteiger partial charge in [-0.15, -0.1) is 0 Å². The Kier molecular flexibility index (Phi) is 3.42. The molecule has 1 saturated heterocycles. The Bertz CT molecular complexity index is 461. The van der Waals surface area contributed by atoms with Crippen LogP contribution in [0.4, 0.5) is 0 Å². The first kappa shape index (κ1) is 12.5. The summed E-state index contributed by atoms with van der Waals surface area (Å²) in [5.74, 6) is -0.121. The van der Waals surface area contributed by atoms with Crippen LogP contribution >= 0.6 is 0 Å². The van der Waals surface area contributed by atoms with Gasteiger partial charge in [-0.1, -0.05) is 0 Å². The monoisotopic (exact) mass is 266 g/mol. The van der Waals surface area contributed by atoms with Crippen molar-refractivity contribution in [2.45, 2.75) is 38.3 Å². The fourth-order valence-corrected chi connectivity index (χ4v) is 2.20. The zero-order chi connectivity index (χ0) is 13.2. The first-order valence-corrected chi connectivity index (χ1v) is 6.81. The van der Waals surface area contributed by atoms with Crippen molar-refractivity contribution in [2.75, 3.05) is 13.2 Å². The average molecular weight is 266 g/mol. The van der Waals surface area contributed by atoms with E-state index in [1.54, 1.807) is 10.9 Å². The molecule has 2 aliphatic rings. The summed E-state index contributed by atoms with van der Waals surface area (Å²) in [5.41, 5.74) is -0.0187. The Labute approximate surface area is 111 Å². The van der Waals surface area contributed by atoms with Crippen molar-refractivity contribution in [3.8, 4) is 5.75 Å². The summed E-state index contributed by atoms with van der Waals surface area (Å²) in [6.45, 7) is 1.28. The third-order valence-corrected chi connectivity index (χ3v) is 3.52. The van der Waals surface area contributed by atoms with Crippen LogP contribution in [0.2, 0.25) is 0 Å². The molecule has 19 heavy (non-hydrogen) atoms. The van der Waals surface area contributed by atoms with Crippen molar-refractivity contribution < 1.29 is 19.4 Å². The molecule has 1 aliphatic carbocycles. The summed E-state index contributed by atoms with van der Waals surface area (Å²) in [6.07, 6.45) is 6.82. The Hall–Kier alpha value is -1.56. The first-order chi connectivity index (χ1) is 9.24. The van der Waals surface area contributed by atoms with Crippen LogP contribution in [0, 0.1) is 5.92 Å². The molecule has 0 radical (unpaired) electrons. The lowest BCUT2D eigenvalue weighted by molar-refractivity contribution is -0.0397. The standard InChI is InChI=1S/C13H18N2O4/c16-13(17)12-10(19-8-9-4-5-9)7-15(14-12)11-3-1-2-6-18-11/h7,9,11H,1-6,8H2,(H,16,17). The summed E-state index contributed by atoms with van der Waals surface area (Å²) < 4.78 is 12.8. The fraction of sp³-hybridized carbons (Fsp3) is 0.692. The van der Waals surface area contributed by atoms with Crippen molar-refractivity contribution in [2.24, 2.45) is 5.92 Å². The smallest absolute Gasteiger partial charge is 0.360 e. The normalized spacial score (nSPS) is 23.3. The van der Waals surface area contributed by atoms with Crippen LogP contribution in [0.15, 0.2) is 6.20 Å². The Balaban J connectivity index is 1.75. The predicted octanol–water partition coefficient (Wildman–Crippen LogP) is 2.07. The second-order valence-corrected chi connectivity index (χ2v) is 5.20. The number of hydrogen-bond acceptors (Lipinski definition) is 4. The summed E-state index contributed by atoms with van der Waals surface area (Å²) in [6, 6.07) is 0. The minimum atomic E-state index is -1.06. The largest absolute Gasteiger partial charge is 0.489 e. The molecule has 6 nitrogen and oxygen atoms in total. The van der Waals surface area contributed by atoms with Gasteiger partial charge < -0.3 is 14.6 Å². The second kappa shape index (κ2) is 5.21. The molecule has 0 amide bonds. The van der Waals surface area contributed by atoms with Gasteiger partial charge >= 0.3 is 5.97 Å². The van der Waals surface area contributed by atoms with E-state index in [0.29, 0.717) is 24.9 Å². The van der Waals surface area contributed by atoms with Crippen molar-refractivity contribution in [3.05, 3.63) is 11.9 Å². The SMILES string of the molecule is O=C(O)c1nn(C2CCCCO2)cc1OCC1CC1. The van der Waals surface area contributed by atoms with E-state index < -0.39 is 5.97 Å². The van der Waals surface area contributed by atoms with Gasteiger partial charge in [-0.3, -0.25) is 0 Å². The van der Waals surface area contributed by atoms with Gasteiger partial charge in [0, 0.05) is 6.61 Å². The first-order valence-electron chi connectivity index (χ1n) is 6.81. The number of carboxylic acid groups (broad SMARTS) is 1. The molecule has 104 valence electrons. The molecule has 1 N–H and O–H groups in total. The molecular formula is C13H18N2O4. The molecule has 1 atom stereocenters. The summed E-state index contributed by atoms with van der Waals surface area (Å²) in [7, 11) is 0. The van der Waals surface area contributed by atoms with Crippen molar-refractivity contribution in [1.29, 1.82) is 0 Å². The molecule has 1 aromatic rings. The van der Waals surface area contributed by atoms with Gasteiger partial charge in [-0.2, -0.15) is 5.10 Å². The van der Waals surface area contributed by atoms with Crippen LogP contribution in [0.1, 0.15) is 48.8 Å². The Morgan fingerprint density at radius 1 is 1.47 bits per heavy atom. The molecule has 0 bridgehead atoms. The minimum absolute atomic E-state index is 0.0187. The molecule has 2 heterocycles. The maximum absolute atomic E-state index is 11.2. The Morgan fingerprint density at radius 2 is 2.32 bits per heavy atom. The van der Waals surface area contributed by atoms with Gasteiger partial charge in [-0.05, 0) is 38.0 Å². The van der Waals surface area contributed by atoms with Crippen LogP contribution in [-0.4, -0.2) is 34.1 Å². The summed E-state index contributed by atoms with van der Waals surface area (Å²) >= 11 is 0. The summed E-state index contributed by atoms with van der Waals surface area (Å²) in [5, 5.41) is 13.3. The molecule has 6 heteroatoms. The lowest BCUT2D eigenvalue weighted by atomic mass is 10.2. The number of nitrogens with zero attached hydrogens (tertiary/aromatic N) is 2. The van der Waals surface area contributed by atoms with E-state index in [9.17, 15) is 4.79 Å². The van der Waals surface area contributed by atoms with E-state index in [1.165, 1.54) is 12.8 Å². The number of aromatic carboxylic acids is 1. The number of hydrogen-bond donors (Lipinski definition) is 1. The highest BCUT2D eigenvalue weighted by Gasteiger charge is 2.26. The van der Waals surface area contributed by atoms with E-state index >= 15 is 0 Å². The van der Waals surface area contributed by atoms with Crippen LogP contribution < -0.4 is 4.74 Å². The molecule has 3 rings (SSSR count). The molecule has 1 unspecified atom stereocenters. The number of rotatable bonds is 5. The van der Waals surface area contributed by atoms with E-state index in [2.05, 4.69) is 5.10 Å². The number of carbonyl (C=O) groups is 1. The molecule has 1 saturated carbocycles. The lowest BCUT2D eigenvalue weighted by Gasteiger charge is -2.22. The minimum Gasteiger partial charge on any atom is -0.489 e. The van der Waals surface area contributed by atoms with E-state index in [0.717, 1.165) is 19.3 Å². The van der Waals surface area contributed by atoms with Gasteiger partial charge in [0.1, 0.15) is 6.23 Å². The quantitative estimate of drug-likeness (QED) is 0.883. The maximum atomic E-state index is 11.2. The maximum Gasteiger partial charge on any atom is 0.360 e.